The molecule has 5 N–H and O–H groups in total. The summed E-state index contributed by atoms with van der Waals surface area (Å²) in [5, 5.41) is 28.7. The quantitative estimate of drug-likeness (QED) is 0.237. The van der Waals surface area contributed by atoms with Crippen molar-refractivity contribution in [2.75, 3.05) is 0 Å². The predicted octanol–water partition coefficient (Wildman–Crippen LogP) is 0.250. The molecule has 0 amide bonds. The number of hydrogen-bond acceptors (Lipinski definition) is 8. The SMILES string of the molecule is CC[C@](C)(C[C@H]1O[C@@H](n2cc(I)c(=O)[nH]c2=O)[C@H](O)[C@@H]1O)OP(=O)(O)C(C)(C)O. The largest absolute Gasteiger partial charge is 0.388 e. The lowest BCUT2D eigenvalue weighted by Crippen LogP contribution is -2.40. The first-order chi connectivity index (χ1) is 13.1. The van der Waals surface area contributed by atoms with E-state index in [0.717, 1.165) is 18.4 Å². The Labute approximate surface area is 180 Å². The fraction of sp³-hybridized carbons (Fsp3) is 0.750. The van der Waals surface area contributed by atoms with Crippen LogP contribution in [0.2, 0.25) is 0 Å². The Balaban J connectivity index is 2.28. The molecule has 2 heterocycles. The Morgan fingerprint density at radius 1 is 1.31 bits per heavy atom. The van der Waals surface area contributed by atoms with Crippen LogP contribution in [-0.4, -0.2) is 59.0 Å². The summed E-state index contributed by atoms with van der Waals surface area (Å²) in [5.41, 5.74) is -2.69. The molecular weight excluding hydrogens is 522 g/mol. The summed E-state index contributed by atoms with van der Waals surface area (Å²) < 4.78 is 24.6. The number of aromatic nitrogens is 2. The lowest BCUT2D eigenvalue weighted by atomic mass is 9.93. The Kier molecular flexibility index (Phi) is 7.23. The average Bonchev–Trinajstić information content (AvgIpc) is 2.85. The molecule has 13 heteroatoms. The van der Waals surface area contributed by atoms with Crippen LogP contribution in [0.1, 0.15) is 46.8 Å². The van der Waals surface area contributed by atoms with Gasteiger partial charge in [0.15, 0.2) is 11.6 Å². The smallest absolute Gasteiger partial charge is 0.359 e. The van der Waals surface area contributed by atoms with E-state index in [2.05, 4.69) is 4.98 Å². The van der Waals surface area contributed by atoms with Crippen LogP contribution in [0.5, 0.6) is 0 Å². The molecule has 1 unspecified atom stereocenters. The molecule has 29 heavy (non-hydrogen) atoms. The Bertz CT molecular complexity index is 911. The maximum atomic E-state index is 12.4. The third kappa shape index (κ3) is 5.18. The molecule has 166 valence electrons. The molecule has 0 spiro atoms. The van der Waals surface area contributed by atoms with Crippen molar-refractivity contribution >= 4 is 30.2 Å². The summed E-state index contributed by atoms with van der Waals surface area (Å²) in [4.78, 5) is 35.8. The monoisotopic (exact) mass is 548 g/mol. The number of hydrogen-bond donors (Lipinski definition) is 5. The standard InChI is InChI=1S/C16H26IN2O9P/c1-5-16(4,28-29(25,26)15(2,3)24)6-9-10(20)11(21)13(27-9)19-7-8(17)12(22)18-14(19)23/h7,9-11,13,20-21,24H,5-6H2,1-4H3,(H,25,26)(H,18,22,23)/t9-,10-,11-,13-,16-/m1/s1. The van der Waals surface area contributed by atoms with Gasteiger partial charge in [0, 0.05) is 12.6 Å². The number of H-pyrrole nitrogens is 1. The molecule has 0 saturated carbocycles. The Morgan fingerprint density at radius 2 is 1.90 bits per heavy atom. The van der Waals surface area contributed by atoms with Crippen molar-refractivity contribution in [3.8, 4) is 0 Å². The van der Waals surface area contributed by atoms with Gasteiger partial charge in [-0.05, 0) is 49.8 Å². The van der Waals surface area contributed by atoms with E-state index in [4.69, 9.17) is 9.26 Å². The molecule has 6 atom stereocenters. The highest BCUT2D eigenvalue weighted by Gasteiger charge is 2.50. The van der Waals surface area contributed by atoms with Crippen molar-refractivity contribution in [3.05, 3.63) is 30.6 Å². The van der Waals surface area contributed by atoms with E-state index in [1.165, 1.54) is 13.1 Å². The first-order valence-corrected chi connectivity index (χ1v) is 11.6. The number of aliphatic hydroxyl groups excluding tert-OH is 2. The number of ether oxygens (including phenoxy) is 1. The van der Waals surface area contributed by atoms with Crippen molar-refractivity contribution in [1.82, 2.24) is 9.55 Å². The van der Waals surface area contributed by atoms with Crippen LogP contribution < -0.4 is 11.2 Å². The molecule has 11 nitrogen and oxygen atoms in total. The van der Waals surface area contributed by atoms with Gasteiger partial charge in [-0.25, -0.2) is 4.79 Å². The highest BCUT2D eigenvalue weighted by Crippen LogP contribution is 2.57. The van der Waals surface area contributed by atoms with E-state index in [9.17, 15) is 34.4 Å². The topological polar surface area (TPSA) is 171 Å². The zero-order valence-electron chi connectivity index (χ0n) is 16.4. The Morgan fingerprint density at radius 3 is 2.41 bits per heavy atom. The van der Waals surface area contributed by atoms with Crippen molar-refractivity contribution in [3.63, 3.8) is 0 Å². The van der Waals surface area contributed by atoms with Gasteiger partial charge in [0.2, 0.25) is 0 Å². The number of nitrogens with zero attached hydrogens (tertiary/aromatic N) is 1. The fourth-order valence-corrected chi connectivity index (χ4v) is 4.32. The molecule has 1 aliphatic rings. The minimum atomic E-state index is -4.44. The van der Waals surface area contributed by atoms with Gasteiger partial charge in [0.25, 0.3) is 5.56 Å². The lowest BCUT2D eigenvalue weighted by Gasteiger charge is -2.36. The van der Waals surface area contributed by atoms with Gasteiger partial charge in [0.05, 0.1) is 15.3 Å². The molecule has 1 aliphatic heterocycles. The normalized spacial score (nSPS) is 29.4. The second kappa shape index (κ2) is 8.50. The zero-order chi connectivity index (χ0) is 22.4. The summed E-state index contributed by atoms with van der Waals surface area (Å²) >= 11 is 1.72. The van der Waals surface area contributed by atoms with Gasteiger partial charge in [0.1, 0.15) is 12.2 Å². The second-order valence-electron chi connectivity index (χ2n) is 7.80. The predicted molar refractivity (Wildman–Crippen MR) is 110 cm³/mol. The van der Waals surface area contributed by atoms with Crippen molar-refractivity contribution in [2.24, 2.45) is 0 Å². The van der Waals surface area contributed by atoms with Gasteiger partial charge in [-0.1, -0.05) is 6.92 Å². The molecule has 0 aliphatic carbocycles. The Hall–Kier alpha value is -0.600. The van der Waals surface area contributed by atoms with Crippen LogP contribution in [0, 0.1) is 3.57 Å². The number of rotatable bonds is 7. The number of halogens is 1. The number of nitrogens with one attached hydrogen (secondary N) is 1. The van der Waals surface area contributed by atoms with Crippen molar-refractivity contribution < 1.29 is 34.0 Å². The van der Waals surface area contributed by atoms with Crippen LogP contribution in [-0.2, 0) is 13.8 Å². The molecule has 2 rings (SSSR count). The first kappa shape index (κ1) is 24.7. The molecule has 1 fully saturated rings. The van der Waals surface area contributed by atoms with E-state index in [1.807, 2.05) is 0 Å². The van der Waals surface area contributed by atoms with E-state index >= 15 is 0 Å². The molecule has 1 aromatic rings. The summed E-state index contributed by atoms with van der Waals surface area (Å²) in [7, 11) is -4.44. The van der Waals surface area contributed by atoms with Crippen molar-refractivity contribution in [1.29, 1.82) is 0 Å². The van der Waals surface area contributed by atoms with E-state index in [-0.39, 0.29) is 16.4 Å². The molecular formula is C16H26IN2O9P. The van der Waals surface area contributed by atoms with E-state index < -0.39 is 54.3 Å². The number of aromatic amines is 1. The maximum absolute atomic E-state index is 12.4. The van der Waals surface area contributed by atoms with Crippen LogP contribution >= 0.6 is 30.2 Å². The van der Waals surface area contributed by atoms with E-state index in [0.29, 0.717) is 0 Å². The van der Waals surface area contributed by atoms with Crippen LogP contribution in [0.25, 0.3) is 0 Å². The summed E-state index contributed by atoms with van der Waals surface area (Å²) in [6.07, 6.45) is -3.90. The molecule has 1 saturated heterocycles. The highest BCUT2D eigenvalue weighted by molar-refractivity contribution is 14.1. The average molecular weight is 548 g/mol. The third-order valence-electron chi connectivity index (χ3n) is 4.95. The summed E-state index contributed by atoms with van der Waals surface area (Å²) in [6.45, 7) is 5.50. The minimum Gasteiger partial charge on any atom is -0.388 e. The third-order valence-corrected chi connectivity index (χ3v) is 7.79. The highest BCUT2D eigenvalue weighted by atomic mass is 127. The number of aliphatic hydroxyl groups is 3. The van der Waals surface area contributed by atoms with Gasteiger partial charge < -0.3 is 29.5 Å². The van der Waals surface area contributed by atoms with Crippen molar-refractivity contribution in [2.45, 2.75) is 76.0 Å². The molecule has 0 bridgehead atoms. The minimum absolute atomic E-state index is 0.103. The lowest BCUT2D eigenvalue weighted by molar-refractivity contribution is -0.0710. The van der Waals surface area contributed by atoms with Gasteiger partial charge in [-0.3, -0.25) is 18.9 Å². The van der Waals surface area contributed by atoms with Gasteiger partial charge in [-0.15, -0.1) is 0 Å². The molecule has 1 aromatic heterocycles. The summed E-state index contributed by atoms with van der Waals surface area (Å²) in [6, 6.07) is 0. The van der Waals surface area contributed by atoms with Crippen LogP contribution in [0.3, 0.4) is 0 Å². The van der Waals surface area contributed by atoms with Crippen LogP contribution in [0.15, 0.2) is 15.8 Å². The first-order valence-electron chi connectivity index (χ1n) is 8.90. The maximum Gasteiger partial charge on any atom is 0.359 e. The fourth-order valence-electron chi connectivity index (χ4n) is 2.86. The van der Waals surface area contributed by atoms with E-state index in [1.54, 1.807) is 29.5 Å². The molecule has 0 aromatic carbocycles. The zero-order valence-corrected chi connectivity index (χ0v) is 19.5. The van der Waals surface area contributed by atoms with Gasteiger partial charge in [-0.2, -0.15) is 0 Å². The summed E-state index contributed by atoms with van der Waals surface area (Å²) in [5.74, 6) is 0. The van der Waals surface area contributed by atoms with Crippen LogP contribution in [0.4, 0.5) is 0 Å². The van der Waals surface area contributed by atoms with Gasteiger partial charge >= 0.3 is 13.3 Å². The second-order valence-corrected chi connectivity index (χ2v) is 11.3. The molecule has 0 radical (unpaired) electrons.